The standard InChI is InChI=1S/C21H24FNO8/c1-29-13-5-2-11(3-6-13)9-23-20(28)14-7-4-12(22)8-15(14)30-21-19(27)18(26)17(25)16(10-24)31-21/h2-8,16-19,21,24-27H,9-10H2,1H3,(H,23,28)/t16-,17-,18+,19-,21-/m1/s1. The Morgan fingerprint density at radius 1 is 1.10 bits per heavy atom. The van der Waals surface area contributed by atoms with Crippen LogP contribution in [0.15, 0.2) is 42.5 Å². The molecule has 0 radical (unpaired) electrons. The maximum Gasteiger partial charge on any atom is 0.255 e. The zero-order valence-corrected chi connectivity index (χ0v) is 16.6. The zero-order chi connectivity index (χ0) is 22.5. The second kappa shape index (κ2) is 10.0. The van der Waals surface area contributed by atoms with Gasteiger partial charge in [-0.15, -0.1) is 0 Å². The van der Waals surface area contributed by atoms with E-state index in [0.717, 1.165) is 17.7 Å². The van der Waals surface area contributed by atoms with Gasteiger partial charge in [0, 0.05) is 12.6 Å². The van der Waals surface area contributed by atoms with Crippen LogP contribution in [0.2, 0.25) is 0 Å². The van der Waals surface area contributed by atoms with Gasteiger partial charge in [0.05, 0.1) is 19.3 Å². The molecule has 5 atom stereocenters. The smallest absolute Gasteiger partial charge is 0.255 e. The van der Waals surface area contributed by atoms with Crippen LogP contribution in [0.3, 0.4) is 0 Å². The van der Waals surface area contributed by atoms with Crippen LogP contribution in [0.25, 0.3) is 0 Å². The van der Waals surface area contributed by atoms with Gasteiger partial charge in [-0.25, -0.2) is 4.39 Å². The summed E-state index contributed by atoms with van der Waals surface area (Å²) in [7, 11) is 1.54. The van der Waals surface area contributed by atoms with Crippen molar-refractivity contribution in [2.45, 2.75) is 37.3 Å². The van der Waals surface area contributed by atoms with Gasteiger partial charge >= 0.3 is 0 Å². The van der Waals surface area contributed by atoms with Crippen LogP contribution in [-0.4, -0.2) is 70.8 Å². The van der Waals surface area contributed by atoms with Crippen LogP contribution < -0.4 is 14.8 Å². The van der Waals surface area contributed by atoms with Gasteiger partial charge in [-0.05, 0) is 29.8 Å². The molecule has 1 saturated heterocycles. The third kappa shape index (κ3) is 5.30. The Morgan fingerprint density at radius 3 is 2.45 bits per heavy atom. The molecule has 0 saturated carbocycles. The molecule has 1 aliphatic heterocycles. The topological polar surface area (TPSA) is 138 Å². The number of methoxy groups -OCH3 is 1. The van der Waals surface area contributed by atoms with E-state index in [4.69, 9.17) is 14.2 Å². The van der Waals surface area contributed by atoms with Crippen molar-refractivity contribution in [3.63, 3.8) is 0 Å². The largest absolute Gasteiger partial charge is 0.497 e. The second-order valence-electron chi connectivity index (χ2n) is 6.99. The molecule has 3 rings (SSSR count). The minimum absolute atomic E-state index is 0.0353. The number of aliphatic hydroxyl groups is 4. The summed E-state index contributed by atoms with van der Waals surface area (Å²) in [6.45, 7) is -0.469. The molecule has 1 heterocycles. The van der Waals surface area contributed by atoms with Crippen LogP contribution >= 0.6 is 0 Å². The molecule has 0 aliphatic carbocycles. The van der Waals surface area contributed by atoms with E-state index < -0.39 is 49.0 Å². The monoisotopic (exact) mass is 437 g/mol. The van der Waals surface area contributed by atoms with Crippen molar-refractivity contribution in [1.82, 2.24) is 5.32 Å². The van der Waals surface area contributed by atoms with E-state index >= 15 is 0 Å². The number of ether oxygens (including phenoxy) is 3. The molecule has 0 spiro atoms. The molecule has 9 nitrogen and oxygen atoms in total. The fourth-order valence-corrected chi connectivity index (χ4v) is 3.09. The number of amides is 1. The highest BCUT2D eigenvalue weighted by Gasteiger charge is 2.45. The minimum Gasteiger partial charge on any atom is -0.497 e. The van der Waals surface area contributed by atoms with E-state index in [1.54, 1.807) is 31.4 Å². The van der Waals surface area contributed by atoms with Crippen molar-refractivity contribution in [3.05, 3.63) is 59.4 Å². The van der Waals surface area contributed by atoms with Gasteiger partial charge in [-0.3, -0.25) is 4.79 Å². The lowest BCUT2D eigenvalue weighted by molar-refractivity contribution is -0.277. The van der Waals surface area contributed by atoms with Crippen molar-refractivity contribution in [2.75, 3.05) is 13.7 Å². The summed E-state index contributed by atoms with van der Waals surface area (Å²) in [5.74, 6) is -0.845. The van der Waals surface area contributed by atoms with Gasteiger partial charge in [0.25, 0.3) is 5.91 Å². The summed E-state index contributed by atoms with van der Waals surface area (Å²) in [4.78, 5) is 12.7. The predicted molar refractivity (Wildman–Crippen MR) is 105 cm³/mol. The third-order valence-corrected chi connectivity index (χ3v) is 4.89. The van der Waals surface area contributed by atoms with E-state index in [0.29, 0.717) is 5.75 Å². The normalized spacial score (nSPS) is 25.7. The molecule has 1 fully saturated rings. The number of aliphatic hydroxyl groups excluding tert-OH is 4. The molecule has 31 heavy (non-hydrogen) atoms. The van der Waals surface area contributed by atoms with E-state index in [1.165, 1.54) is 6.07 Å². The first-order valence-electron chi connectivity index (χ1n) is 9.52. The second-order valence-corrected chi connectivity index (χ2v) is 6.99. The molecule has 5 N–H and O–H groups in total. The summed E-state index contributed by atoms with van der Waals surface area (Å²) in [5.41, 5.74) is 0.763. The zero-order valence-electron chi connectivity index (χ0n) is 16.6. The SMILES string of the molecule is COc1ccc(CNC(=O)c2ccc(F)cc2O[C@@H]2O[C@H](CO)[C@@H](O)[C@H](O)[C@H]2O)cc1. The number of halogens is 1. The Morgan fingerprint density at radius 2 is 1.81 bits per heavy atom. The fraction of sp³-hybridized carbons (Fsp3) is 0.381. The molecule has 0 aromatic heterocycles. The van der Waals surface area contributed by atoms with Gasteiger partial charge in [-0.2, -0.15) is 0 Å². The van der Waals surface area contributed by atoms with Gasteiger partial charge < -0.3 is 40.0 Å². The Hall–Kier alpha value is -2.76. The van der Waals surface area contributed by atoms with Crippen molar-refractivity contribution < 1.29 is 43.8 Å². The Labute approximate surface area is 177 Å². The van der Waals surface area contributed by atoms with E-state index in [2.05, 4.69) is 5.32 Å². The highest BCUT2D eigenvalue weighted by molar-refractivity contribution is 5.96. The highest BCUT2D eigenvalue weighted by Crippen LogP contribution is 2.27. The Kier molecular flexibility index (Phi) is 7.42. The number of hydrogen-bond donors (Lipinski definition) is 5. The van der Waals surface area contributed by atoms with Gasteiger partial charge in [0.2, 0.25) is 6.29 Å². The minimum atomic E-state index is -1.70. The lowest BCUT2D eigenvalue weighted by Gasteiger charge is -2.39. The molecule has 168 valence electrons. The summed E-state index contributed by atoms with van der Waals surface area (Å²) < 4.78 is 29.6. The number of rotatable bonds is 7. The number of hydrogen-bond acceptors (Lipinski definition) is 8. The number of carbonyl (C=O) groups is 1. The summed E-state index contributed by atoms with van der Waals surface area (Å²) in [6.07, 6.45) is -7.69. The predicted octanol–water partition coefficient (Wildman–Crippen LogP) is -0.0570. The van der Waals surface area contributed by atoms with Crippen molar-refractivity contribution in [2.24, 2.45) is 0 Å². The highest BCUT2D eigenvalue weighted by atomic mass is 19.1. The Balaban J connectivity index is 1.74. The summed E-state index contributed by atoms with van der Waals surface area (Å²) in [5, 5.41) is 41.8. The van der Waals surface area contributed by atoms with Crippen molar-refractivity contribution in [3.8, 4) is 11.5 Å². The lowest BCUT2D eigenvalue weighted by Crippen LogP contribution is -2.60. The molecule has 1 amide bonds. The number of benzene rings is 2. The summed E-state index contributed by atoms with van der Waals surface area (Å²) >= 11 is 0. The van der Waals surface area contributed by atoms with E-state index in [9.17, 15) is 29.6 Å². The molecular formula is C21H24FNO8. The van der Waals surface area contributed by atoms with Crippen LogP contribution in [-0.2, 0) is 11.3 Å². The average Bonchev–Trinajstić information content (AvgIpc) is 2.78. The fourth-order valence-electron chi connectivity index (χ4n) is 3.09. The number of nitrogens with one attached hydrogen (secondary N) is 1. The van der Waals surface area contributed by atoms with Gasteiger partial charge in [0.15, 0.2) is 0 Å². The molecule has 2 aromatic rings. The molecule has 0 bridgehead atoms. The molecule has 2 aromatic carbocycles. The number of carbonyl (C=O) groups excluding carboxylic acids is 1. The first kappa shape index (κ1) is 22.9. The van der Waals surface area contributed by atoms with Crippen molar-refractivity contribution in [1.29, 1.82) is 0 Å². The molecule has 1 aliphatic rings. The maximum atomic E-state index is 13.8. The molecule has 0 unspecified atom stereocenters. The van der Waals surface area contributed by atoms with Crippen LogP contribution in [0.5, 0.6) is 11.5 Å². The third-order valence-electron chi connectivity index (χ3n) is 4.89. The van der Waals surface area contributed by atoms with E-state index in [-0.39, 0.29) is 17.9 Å². The molecule has 10 heteroatoms. The van der Waals surface area contributed by atoms with Crippen LogP contribution in [0.1, 0.15) is 15.9 Å². The Bertz CT molecular complexity index is 891. The maximum absolute atomic E-state index is 13.8. The quantitative estimate of drug-likeness (QED) is 0.406. The molecular weight excluding hydrogens is 413 g/mol. The van der Waals surface area contributed by atoms with Crippen LogP contribution in [0.4, 0.5) is 4.39 Å². The first-order valence-corrected chi connectivity index (χ1v) is 9.52. The van der Waals surface area contributed by atoms with Gasteiger partial charge in [0.1, 0.15) is 41.7 Å². The average molecular weight is 437 g/mol. The summed E-state index contributed by atoms with van der Waals surface area (Å²) in [6, 6.07) is 10.2. The van der Waals surface area contributed by atoms with Crippen LogP contribution in [0, 0.1) is 5.82 Å². The lowest BCUT2D eigenvalue weighted by atomic mass is 9.99. The van der Waals surface area contributed by atoms with E-state index in [1.807, 2.05) is 0 Å². The first-order chi connectivity index (χ1) is 14.8. The van der Waals surface area contributed by atoms with Crippen molar-refractivity contribution >= 4 is 5.91 Å². The van der Waals surface area contributed by atoms with Gasteiger partial charge in [-0.1, -0.05) is 12.1 Å².